The third kappa shape index (κ3) is 3.62. The summed E-state index contributed by atoms with van der Waals surface area (Å²) < 4.78 is 6.84. The zero-order valence-corrected chi connectivity index (χ0v) is 17.5. The second kappa shape index (κ2) is 8.01. The molecule has 1 aliphatic heterocycles. The molecule has 0 unspecified atom stereocenters. The lowest BCUT2D eigenvalue weighted by molar-refractivity contribution is -0.121. The van der Waals surface area contributed by atoms with Gasteiger partial charge in [0.05, 0.1) is 23.0 Å². The Balaban J connectivity index is 1.66. The molecule has 3 heterocycles. The Morgan fingerprint density at radius 3 is 2.81 bits per heavy atom. The van der Waals surface area contributed by atoms with Gasteiger partial charge in [-0.25, -0.2) is 9.97 Å². The molecular weight excluding hydrogens is 418 g/mol. The maximum Gasteiger partial charge on any atom is 0.243 e. The van der Waals surface area contributed by atoms with Crippen LogP contribution in [0.15, 0.2) is 42.5 Å². The summed E-state index contributed by atoms with van der Waals surface area (Å²) in [4.78, 5) is 21.9. The van der Waals surface area contributed by atoms with Crippen molar-refractivity contribution in [1.82, 2.24) is 30.2 Å². The number of methoxy groups -OCH3 is 1. The van der Waals surface area contributed by atoms with E-state index in [2.05, 4.69) is 21.0 Å². The Bertz CT molecular complexity index is 1270. The Hall–Kier alpha value is -3.43. The van der Waals surface area contributed by atoms with Crippen molar-refractivity contribution >= 4 is 40.0 Å². The maximum atomic E-state index is 12.4. The molecule has 1 aliphatic rings. The van der Waals surface area contributed by atoms with Crippen molar-refractivity contribution in [2.45, 2.75) is 6.04 Å². The van der Waals surface area contributed by atoms with E-state index in [1.807, 2.05) is 36.4 Å². The van der Waals surface area contributed by atoms with Crippen molar-refractivity contribution < 1.29 is 9.53 Å². The first kappa shape index (κ1) is 19.5. The summed E-state index contributed by atoms with van der Waals surface area (Å²) >= 11 is 6.49. The van der Waals surface area contributed by atoms with Gasteiger partial charge in [-0.15, -0.1) is 5.10 Å². The minimum absolute atomic E-state index is 0.0957. The first-order valence-electron chi connectivity index (χ1n) is 9.88. The third-order valence-corrected chi connectivity index (χ3v) is 5.48. The molecule has 1 fully saturated rings. The first-order chi connectivity index (χ1) is 15.1. The molecule has 1 saturated heterocycles. The van der Waals surface area contributed by atoms with Crippen molar-refractivity contribution in [2.24, 2.45) is 0 Å². The van der Waals surface area contributed by atoms with Gasteiger partial charge in [0.15, 0.2) is 11.5 Å². The number of carbonyl (C=O) groups is 1. The maximum absolute atomic E-state index is 12.4. The number of halogens is 1. The molecular formula is C21H20ClN7O2. The molecule has 0 saturated carbocycles. The van der Waals surface area contributed by atoms with Gasteiger partial charge < -0.3 is 20.7 Å². The van der Waals surface area contributed by atoms with Crippen LogP contribution < -0.4 is 20.7 Å². The predicted molar refractivity (Wildman–Crippen MR) is 119 cm³/mol. The molecule has 2 aromatic heterocycles. The Morgan fingerprint density at radius 2 is 2.00 bits per heavy atom. The van der Waals surface area contributed by atoms with Crippen LogP contribution in [0.5, 0.6) is 5.75 Å². The lowest BCUT2D eigenvalue weighted by Gasteiger charge is -2.16. The normalized spacial score (nSPS) is 16.8. The first-order valence-corrected chi connectivity index (χ1v) is 10.3. The van der Waals surface area contributed by atoms with Crippen molar-refractivity contribution in [1.29, 1.82) is 0 Å². The van der Waals surface area contributed by atoms with E-state index < -0.39 is 6.04 Å². The molecule has 1 amide bonds. The highest BCUT2D eigenvalue weighted by Crippen LogP contribution is 2.30. The summed E-state index contributed by atoms with van der Waals surface area (Å²) in [5, 5.41) is 15.2. The Kier molecular flexibility index (Phi) is 5.05. The van der Waals surface area contributed by atoms with E-state index in [4.69, 9.17) is 26.3 Å². The zero-order valence-electron chi connectivity index (χ0n) is 16.7. The van der Waals surface area contributed by atoms with Crippen LogP contribution in [0.3, 0.4) is 0 Å². The number of nitrogens with one attached hydrogen (secondary N) is 3. The third-order valence-electron chi connectivity index (χ3n) is 5.17. The SMILES string of the molecule is COc1ccc(-c2nc3c4c(Cl)cccc4nc(N[C@H]4CNCCNC4=O)n3n2)cc1. The van der Waals surface area contributed by atoms with Crippen molar-refractivity contribution in [2.75, 3.05) is 32.1 Å². The largest absolute Gasteiger partial charge is 0.497 e. The van der Waals surface area contributed by atoms with Crippen LogP contribution in [0.4, 0.5) is 5.95 Å². The number of nitrogens with zero attached hydrogens (tertiary/aromatic N) is 4. The minimum atomic E-state index is -0.497. The molecule has 2 aromatic carbocycles. The Labute approximate surface area is 182 Å². The van der Waals surface area contributed by atoms with Gasteiger partial charge >= 0.3 is 0 Å². The van der Waals surface area contributed by atoms with E-state index in [1.54, 1.807) is 17.7 Å². The lowest BCUT2D eigenvalue weighted by atomic mass is 10.2. The summed E-state index contributed by atoms with van der Waals surface area (Å²) in [6.45, 7) is 1.77. The fourth-order valence-electron chi connectivity index (χ4n) is 3.57. The summed E-state index contributed by atoms with van der Waals surface area (Å²) in [5.74, 6) is 1.59. The van der Waals surface area contributed by atoms with Gasteiger partial charge in [-0.3, -0.25) is 4.79 Å². The van der Waals surface area contributed by atoms with E-state index in [0.717, 1.165) is 11.3 Å². The number of rotatable bonds is 4. The topological polar surface area (TPSA) is 105 Å². The number of amides is 1. The average Bonchev–Trinajstić information content (AvgIpc) is 3.13. The molecule has 4 aromatic rings. The number of hydrogen-bond acceptors (Lipinski definition) is 7. The number of benzene rings is 2. The van der Waals surface area contributed by atoms with Crippen LogP contribution in [0, 0.1) is 0 Å². The number of aromatic nitrogens is 4. The molecule has 5 rings (SSSR count). The second-order valence-electron chi connectivity index (χ2n) is 7.16. The van der Waals surface area contributed by atoms with Gasteiger partial charge in [-0.1, -0.05) is 17.7 Å². The van der Waals surface area contributed by atoms with Gasteiger partial charge in [-0.05, 0) is 36.4 Å². The van der Waals surface area contributed by atoms with Crippen LogP contribution in [-0.2, 0) is 4.79 Å². The number of ether oxygens (including phenoxy) is 1. The highest BCUT2D eigenvalue weighted by molar-refractivity contribution is 6.36. The van der Waals surface area contributed by atoms with Gasteiger partial charge in [0.2, 0.25) is 11.9 Å². The quantitative estimate of drug-likeness (QED) is 0.449. The molecule has 3 N–H and O–H groups in total. The highest BCUT2D eigenvalue weighted by Gasteiger charge is 2.24. The summed E-state index contributed by atoms with van der Waals surface area (Å²) in [7, 11) is 1.62. The fraction of sp³-hybridized carbons (Fsp3) is 0.238. The van der Waals surface area contributed by atoms with Crippen molar-refractivity contribution in [3.63, 3.8) is 0 Å². The minimum Gasteiger partial charge on any atom is -0.497 e. The summed E-state index contributed by atoms with van der Waals surface area (Å²) in [6, 6.07) is 12.5. The second-order valence-corrected chi connectivity index (χ2v) is 7.57. The Morgan fingerprint density at radius 1 is 1.16 bits per heavy atom. The molecule has 0 aliphatic carbocycles. The molecule has 158 valence electrons. The van der Waals surface area contributed by atoms with Crippen LogP contribution in [0.1, 0.15) is 0 Å². The average molecular weight is 438 g/mol. The van der Waals surface area contributed by atoms with Crippen LogP contribution in [0.25, 0.3) is 27.9 Å². The van der Waals surface area contributed by atoms with Crippen LogP contribution in [0.2, 0.25) is 5.02 Å². The summed E-state index contributed by atoms with van der Waals surface area (Å²) in [6.07, 6.45) is 0. The van der Waals surface area contributed by atoms with E-state index in [1.165, 1.54) is 0 Å². The molecule has 0 radical (unpaired) electrons. The standard InChI is InChI=1S/C21H20ClN7O2/c1-31-13-7-5-12(6-8-13)18-27-19-17-14(22)3-2-4-15(17)25-21(29(19)28-18)26-16-11-23-9-10-24-20(16)30/h2-8,16,23H,9-11H2,1H3,(H,24,30)(H,25,26)/t16-/m0/s1. The highest BCUT2D eigenvalue weighted by atomic mass is 35.5. The van der Waals surface area contributed by atoms with Gasteiger partial charge in [0, 0.05) is 25.2 Å². The van der Waals surface area contributed by atoms with Gasteiger partial charge in [-0.2, -0.15) is 4.52 Å². The number of anilines is 1. The van der Waals surface area contributed by atoms with Crippen LogP contribution in [-0.4, -0.2) is 58.3 Å². The number of fused-ring (bicyclic) bond motifs is 3. The molecule has 0 bridgehead atoms. The molecule has 31 heavy (non-hydrogen) atoms. The monoisotopic (exact) mass is 437 g/mol. The van der Waals surface area contributed by atoms with Crippen LogP contribution >= 0.6 is 11.6 Å². The van der Waals surface area contributed by atoms with E-state index in [-0.39, 0.29) is 5.91 Å². The molecule has 10 heteroatoms. The molecule has 0 spiro atoms. The fourth-order valence-corrected chi connectivity index (χ4v) is 3.83. The molecule has 1 atom stereocenters. The predicted octanol–water partition coefficient (Wildman–Crippen LogP) is 2.11. The van der Waals surface area contributed by atoms with Crippen molar-refractivity contribution in [3.8, 4) is 17.1 Å². The zero-order chi connectivity index (χ0) is 21.4. The number of carbonyl (C=O) groups excluding carboxylic acids is 1. The molecule has 9 nitrogen and oxygen atoms in total. The van der Waals surface area contributed by atoms with E-state index in [0.29, 0.717) is 53.0 Å². The summed E-state index contributed by atoms with van der Waals surface area (Å²) in [5.41, 5.74) is 2.05. The number of hydrogen-bond donors (Lipinski definition) is 3. The van der Waals surface area contributed by atoms with Crippen molar-refractivity contribution in [3.05, 3.63) is 47.5 Å². The smallest absolute Gasteiger partial charge is 0.243 e. The van der Waals surface area contributed by atoms with Gasteiger partial charge in [0.1, 0.15) is 11.8 Å². The van der Waals surface area contributed by atoms with Gasteiger partial charge in [0.25, 0.3) is 0 Å². The van der Waals surface area contributed by atoms with E-state index in [9.17, 15) is 4.79 Å². The van der Waals surface area contributed by atoms with E-state index >= 15 is 0 Å². The lowest BCUT2D eigenvalue weighted by Crippen LogP contribution is -2.42.